The van der Waals surface area contributed by atoms with Crippen LogP contribution in [0.25, 0.3) is 10.6 Å². The molecule has 1 aliphatic rings. The number of amides is 2. The minimum absolute atomic E-state index is 0.156. The van der Waals surface area contributed by atoms with Gasteiger partial charge in [-0.2, -0.15) is 10.2 Å². The Labute approximate surface area is 184 Å². The Hall–Kier alpha value is -2.98. The summed E-state index contributed by atoms with van der Waals surface area (Å²) in [6.45, 7) is 4.03. The van der Waals surface area contributed by atoms with Crippen LogP contribution in [-0.4, -0.2) is 63.5 Å². The average Bonchev–Trinajstić information content (AvgIpc) is 3.49. The van der Waals surface area contributed by atoms with E-state index in [-0.39, 0.29) is 11.8 Å². The molecule has 3 aromatic rings. The van der Waals surface area contributed by atoms with Gasteiger partial charge in [-0.05, 0) is 31.5 Å². The van der Waals surface area contributed by atoms with Gasteiger partial charge in [-0.1, -0.05) is 0 Å². The highest BCUT2D eigenvalue weighted by atomic mass is 32.1. The van der Waals surface area contributed by atoms with Crippen LogP contribution >= 0.6 is 11.3 Å². The lowest BCUT2D eigenvalue weighted by Gasteiger charge is -2.27. The maximum absolute atomic E-state index is 13.1. The fourth-order valence-corrected chi connectivity index (χ4v) is 4.58. The maximum Gasteiger partial charge on any atom is 0.274 e. The Kier molecular flexibility index (Phi) is 6.19. The van der Waals surface area contributed by atoms with Crippen molar-refractivity contribution in [1.29, 1.82) is 0 Å². The summed E-state index contributed by atoms with van der Waals surface area (Å²) in [6, 6.07) is 5.84. The van der Waals surface area contributed by atoms with E-state index in [1.165, 1.54) is 4.88 Å². The van der Waals surface area contributed by atoms with Gasteiger partial charge in [0, 0.05) is 56.4 Å². The zero-order chi connectivity index (χ0) is 22.0. The molecule has 0 unspecified atom stereocenters. The van der Waals surface area contributed by atoms with Crippen molar-refractivity contribution >= 4 is 23.2 Å². The Morgan fingerprint density at radius 1 is 1.35 bits per heavy atom. The first kappa shape index (κ1) is 21.3. The number of H-pyrrole nitrogens is 1. The highest BCUT2D eigenvalue weighted by Gasteiger charge is 2.30. The Morgan fingerprint density at radius 3 is 2.94 bits per heavy atom. The van der Waals surface area contributed by atoms with Crippen molar-refractivity contribution in [3.63, 3.8) is 0 Å². The molecule has 4 rings (SSSR count). The van der Waals surface area contributed by atoms with Gasteiger partial charge in [-0.3, -0.25) is 19.4 Å². The SMILES string of the molecule is COCCCNC(=O)c1nn(C)c2c1CN(C(=O)c1cc(-c3ccc(C)s3)[nH]n1)CC2. The van der Waals surface area contributed by atoms with Crippen molar-refractivity contribution in [2.24, 2.45) is 7.05 Å². The largest absolute Gasteiger partial charge is 0.385 e. The zero-order valence-electron chi connectivity index (χ0n) is 17.9. The molecule has 4 heterocycles. The van der Waals surface area contributed by atoms with Gasteiger partial charge in [0.2, 0.25) is 0 Å². The Bertz CT molecular complexity index is 1100. The molecule has 0 spiro atoms. The van der Waals surface area contributed by atoms with E-state index in [0.717, 1.165) is 28.2 Å². The van der Waals surface area contributed by atoms with E-state index in [1.54, 1.807) is 34.1 Å². The lowest BCUT2D eigenvalue weighted by molar-refractivity contribution is 0.0724. The van der Waals surface area contributed by atoms with Crippen LogP contribution in [0.15, 0.2) is 18.2 Å². The lowest BCUT2D eigenvalue weighted by Crippen LogP contribution is -2.37. The first-order valence-corrected chi connectivity index (χ1v) is 11.0. The van der Waals surface area contributed by atoms with Crippen LogP contribution in [0, 0.1) is 6.92 Å². The van der Waals surface area contributed by atoms with Gasteiger partial charge in [0.1, 0.15) is 0 Å². The van der Waals surface area contributed by atoms with Crippen LogP contribution in [0.1, 0.15) is 43.5 Å². The van der Waals surface area contributed by atoms with Gasteiger partial charge in [0.25, 0.3) is 11.8 Å². The molecule has 0 fully saturated rings. The predicted molar refractivity (Wildman–Crippen MR) is 117 cm³/mol. The second-order valence-electron chi connectivity index (χ2n) is 7.55. The zero-order valence-corrected chi connectivity index (χ0v) is 18.7. The van der Waals surface area contributed by atoms with Gasteiger partial charge in [0.15, 0.2) is 11.4 Å². The number of thiophene rings is 1. The van der Waals surface area contributed by atoms with E-state index in [2.05, 4.69) is 20.6 Å². The molecule has 1 aliphatic heterocycles. The van der Waals surface area contributed by atoms with Gasteiger partial charge in [-0.15, -0.1) is 11.3 Å². The molecule has 0 aliphatic carbocycles. The van der Waals surface area contributed by atoms with Gasteiger partial charge >= 0.3 is 0 Å². The second kappa shape index (κ2) is 9.03. The number of carbonyl (C=O) groups excluding carboxylic acids is 2. The van der Waals surface area contributed by atoms with Crippen molar-refractivity contribution in [3.8, 4) is 10.6 Å². The van der Waals surface area contributed by atoms with Crippen LogP contribution in [-0.2, 0) is 24.8 Å². The first-order valence-electron chi connectivity index (χ1n) is 10.2. The molecule has 9 nitrogen and oxygen atoms in total. The third kappa shape index (κ3) is 4.40. The molecular weight excluding hydrogens is 416 g/mol. The van der Waals surface area contributed by atoms with E-state index < -0.39 is 0 Å². The van der Waals surface area contributed by atoms with Crippen molar-refractivity contribution in [3.05, 3.63) is 45.7 Å². The van der Waals surface area contributed by atoms with Gasteiger partial charge in [0.05, 0.1) is 17.1 Å². The smallest absolute Gasteiger partial charge is 0.274 e. The molecule has 0 aromatic carbocycles. The van der Waals surface area contributed by atoms with E-state index >= 15 is 0 Å². The Morgan fingerprint density at radius 2 is 2.19 bits per heavy atom. The van der Waals surface area contributed by atoms with Crippen molar-refractivity contribution in [2.75, 3.05) is 26.8 Å². The highest BCUT2D eigenvalue weighted by molar-refractivity contribution is 7.15. The molecule has 2 amide bonds. The Balaban J connectivity index is 1.49. The number of carbonyl (C=O) groups is 2. The minimum atomic E-state index is -0.225. The molecule has 0 bridgehead atoms. The van der Waals surface area contributed by atoms with Crippen LogP contribution in [0.2, 0.25) is 0 Å². The van der Waals surface area contributed by atoms with E-state index in [1.807, 2.05) is 26.1 Å². The molecule has 0 saturated carbocycles. The molecule has 3 aromatic heterocycles. The van der Waals surface area contributed by atoms with Crippen LogP contribution in [0.3, 0.4) is 0 Å². The molecule has 0 saturated heterocycles. The van der Waals surface area contributed by atoms with Crippen LogP contribution in [0.5, 0.6) is 0 Å². The number of nitrogens with zero attached hydrogens (tertiary/aromatic N) is 4. The van der Waals surface area contributed by atoms with Gasteiger partial charge in [-0.25, -0.2) is 0 Å². The third-order valence-corrected chi connectivity index (χ3v) is 6.39. The topological polar surface area (TPSA) is 105 Å². The number of aromatic amines is 1. The second-order valence-corrected chi connectivity index (χ2v) is 8.84. The molecule has 0 radical (unpaired) electrons. The molecule has 0 atom stereocenters. The van der Waals surface area contributed by atoms with Gasteiger partial charge < -0.3 is 15.0 Å². The first-order chi connectivity index (χ1) is 15.0. The quantitative estimate of drug-likeness (QED) is 0.546. The predicted octanol–water partition coefficient (Wildman–Crippen LogP) is 2.14. The number of methoxy groups -OCH3 is 1. The fourth-order valence-electron chi connectivity index (χ4n) is 3.75. The summed E-state index contributed by atoms with van der Waals surface area (Å²) in [4.78, 5) is 29.7. The summed E-state index contributed by atoms with van der Waals surface area (Å²) in [5.74, 6) is -0.380. The molecule has 164 valence electrons. The van der Waals surface area contributed by atoms with E-state index in [9.17, 15) is 9.59 Å². The number of nitrogens with one attached hydrogen (secondary N) is 2. The third-order valence-electron chi connectivity index (χ3n) is 5.36. The fraction of sp³-hybridized carbons (Fsp3) is 0.429. The number of ether oxygens (including phenoxy) is 1. The number of rotatable bonds is 7. The molecular formula is C21H26N6O3S. The molecule has 2 N–H and O–H groups in total. The summed E-state index contributed by atoms with van der Waals surface area (Å²) >= 11 is 1.65. The molecule has 10 heteroatoms. The summed E-state index contributed by atoms with van der Waals surface area (Å²) in [5.41, 5.74) is 3.37. The number of hydrogen-bond donors (Lipinski definition) is 2. The summed E-state index contributed by atoms with van der Waals surface area (Å²) in [5, 5.41) is 14.5. The number of aryl methyl sites for hydroxylation is 2. The summed E-state index contributed by atoms with van der Waals surface area (Å²) in [6.07, 6.45) is 1.37. The molecule has 31 heavy (non-hydrogen) atoms. The lowest BCUT2D eigenvalue weighted by atomic mass is 10.0. The standard InChI is InChI=1S/C21H26N6O3S/c1-13-5-6-18(31-13)15-11-16(24-23-15)21(29)27-9-7-17-14(12-27)19(25-26(17)2)20(28)22-8-4-10-30-3/h5-6,11H,4,7-10,12H2,1-3H3,(H,22,28)(H,23,24). The minimum Gasteiger partial charge on any atom is -0.385 e. The average molecular weight is 443 g/mol. The monoisotopic (exact) mass is 442 g/mol. The summed E-state index contributed by atoms with van der Waals surface area (Å²) in [7, 11) is 3.47. The van der Waals surface area contributed by atoms with E-state index in [0.29, 0.717) is 44.0 Å². The van der Waals surface area contributed by atoms with Crippen molar-refractivity contribution in [2.45, 2.75) is 26.3 Å². The van der Waals surface area contributed by atoms with Crippen molar-refractivity contribution in [1.82, 2.24) is 30.2 Å². The van der Waals surface area contributed by atoms with Crippen molar-refractivity contribution < 1.29 is 14.3 Å². The van der Waals surface area contributed by atoms with Crippen LogP contribution < -0.4 is 5.32 Å². The highest BCUT2D eigenvalue weighted by Crippen LogP contribution is 2.28. The van der Waals surface area contributed by atoms with Crippen LogP contribution in [0.4, 0.5) is 0 Å². The summed E-state index contributed by atoms with van der Waals surface area (Å²) < 4.78 is 6.76. The maximum atomic E-state index is 13.1. The van der Waals surface area contributed by atoms with E-state index in [4.69, 9.17) is 4.74 Å². The number of hydrogen-bond acceptors (Lipinski definition) is 6. The number of aromatic nitrogens is 4. The number of fused-ring (bicyclic) bond motifs is 1. The normalized spacial score (nSPS) is 13.3.